The van der Waals surface area contributed by atoms with Gasteiger partial charge in [-0.15, -0.1) is 0 Å². The van der Waals surface area contributed by atoms with Crippen LogP contribution >= 0.6 is 0 Å². The fourth-order valence-corrected chi connectivity index (χ4v) is 2.47. The molecule has 6 heteroatoms. The van der Waals surface area contributed by atoms with Crippen LogP contribution < -0.4 is 15.5 Å². The Labute approximate surface area is 169 Å². The highest BCUT2D eigenvalue weighted by molar-refractivity contribution is 5.91. The van der Waals surface area contributed by atoms with Crippen LogP contribution in [0.25, 0.3) is 0 Å². The lowest BCUT2D eigenvalue weighted by Crippen LogP contribution is -2.25. The highest BCUT2D eigenvalue weighted by atomic mass is 16.5. The average molecular weight is 387 g/mol. The molecule has 0 aliphatic carbocycles. The number of hydrogen-bond acceptors (Lipinski definition) is 5. The minimum Gasteiger partial charge on any atom is -0.423 e. The van der Waals surface area contributed by atoms with Gasteiger partial charge in [-0.2, -0.15) is 5.10 Å². The maximum atomic E-state index is 12.1. The van der Waals surface area contributed by atoms with Gasteiger partial charge in [-0.05, 0) is 48.9 Å². The molecule has 3 rings (SSSR count). The maximum Gasteiger partial charge on any atom is 0.343 e. The van der Waals surface area contributed by atoms with Crippen LogP contribution in [0.2, 0.25) is 0 Å². The Balaban J connectivity index is 1.50. The molecule has 3 aromatic carbocycles. The number of carbonyl (C=O) groups is 2. The van der Waals surface area contributed by atoms with Crippen molar-refractivity contribution in [3.05, 3.63) is 95.6 Å². The molecule has 0 unspecified atom stereocenters. The van der Waals surface area contributed by atoms with E-state index in [0.29, 0.717) is 16.9 Å². The fourth-order valence-electron chi connectivity index (χ4n) is 2.47. The molecular formula is C23H21N3O3. The maximum absolute atomic E-state index is 12.1. The summed E-state index contributed by atoms with van der Waals surface area (Å²) in [7, 11) is 0. The first-order valence-electron chi connectivity index (χ1n) is 9.10. The zero-order chi connectivity index (χ0) is 20.5. The van der Waals surface area contributed by atoms with E-state index in [1.165, 1.54) is 6.21 Å². The minimum atomic E-state index is -0.435. The molecule has 0 bridgehead atoms. The van der Waals surface area contributed by atoms with Crippen molar-refractivity contribution in [2.24, 2.45) is 5.10 Å². The molecular weight excluding hydrogens is 366 g/mol. The van der Waals surface area contributed by atoms with Crippen LogP contribution in [-0.2, 0) is 4.79 Å². The van der Waals surface area contributed by atoms with Crippen LogP contribution in [0.4, 0.5) is 5.69 Å². The van der Waals surface area contributed by atoms with Crippen molar-refractivity contribution < 1.29 is 14.3 Å². The topological polar surface area (TPSA) is 79.8 Å². The van der Waals surface area contributed by atoms with Gasteiger partial charge in [0.25, 0.3) is 5.91 Å². The van der Waals surface area contributed by atoms with Crippen molar-refractivity contribution in [1.82, 2.24) is 5.43 Å². The van der Waals surface area contributed by atoms with Gasteiger partial charge in [0.05, 0.1) is 18.3 Å². The number of hydrogen-bond donors (Lipinski definition) is 2. The van der Waals surface area contributed by atoms with E-state index in [2.05, 4.69) is 15.8 Å². The lowest BCUT2D eigenvalue weighted by atomic mass is 10.2. The summed E-state index contributed by atoms with van der Waals surface area (Å²) >= 11 is 0. The van der Waals surface area contributed by atoms with Crippen LogP contribution in [0.3, 0.4) is 0 Å². The summed E-state index contributed by atoms with van der Waals surface area (Å²) in [6.45, 7) is 2.11. The van der Waals surface area contributed by atoms with Gasteiger partial charge in [0.15, 0.2) is 0 Å². The summed E-state index contributed by atoms with van der Waals surface area (Å²) in [6.07, 6.45) is 1.49. The Morgan fingerprint density at radius 2 is 1.72 bits per heavy atom. The number of esters is 1. The van der Waals surface area contributed by atoms with Gasteiger partial charge >= 0.3 is 5.97 Å². The van der Waals surface area contributed by atoms with Crippen molar-refractivity contribution in [2.45, 2.75) is 6.92 Å². The SMILES string of the molecule is Cc1ccc(NCC(=O)N/N=C/c2cccc(OC(=O)c3ccccc3)c2)cc1. The molecule has 0 heterocycles. The Morgan fingerprint density at radius 3 is 2.48 bits per heavy atom. The van der Waals surface area contributed by atoms with E-state index in [0.717, 1.165) is 11.3 Å². The molecule has 29 heavy (non-hydrogen) atoms. The third-order valence-corrected chi connectivity index (χ3v) is 3.99. The highest BCUT2D eigenvalue weighted by Crippen LogP contribution is 2.14. The number of benzene rings is 3. The number of ether oxygens (including phenoxy) is 1. The number of carbonyl (C=O) groups excluding carboxylic acids is 2. The first kappa shape index (κ1) is 19.8. The van der Waals surface area contributed by atoms with Crippen LogP contribution in [0.5, 0.6) is 5.75 Å². The van der Waals surface area contributed by atoms with Crippen LogP contribution in [0.15, 0.2) is 84.0 Å². The molecule has 0 atom stereocenters. The molecule has 0 aromatic heterocycles. The zero-order valence-electron chi connectivity index (χ0n) is 16.0. The number of amides is 1. The Kier molecular flexibility index (Phi) is 6.73. The summed E-state index contributed by atoms with van der Waals surface area (Å²) in [5, 5.41) is 6.96. The van der Waals surface area contributed by atoms with E-state index in [9.17, 15) is 9.59 Å². The van der Waals surface area contributed by atoms with E-state index in [-0.39, 0.29) is 12.5 Å². The minimum absolute atomic E-state index is 0.106. The summed E-state index contributed by atoms with van der Waals surface area (Å²) in [5.41, 5.74) is 5.64. The van der Waals surface area contributed by atoms with Gasteiger partial charge in [-0.25, -0.2) is 10.2 Å². The molecule has 0 saturated carbocycles. The molecule has 0 aliphatic heterocycles. The lowest BCUT2D eigenvalue weighted by Gasteiger charge is -2.06. The molecule has 0 saturated heterocycles. The van der Waals surface area contributed by atoms with Gasteiger partial charge in [0.2, 0.25) is 0 Å². The van der Waals surface area contributed by atoms with Gasteiger partial charge in [-0.1, -0.05) is 48.0 Å². The standard InChI is InChI=1S/C23H21N3O3/c1-17-10-12-20(13-11-17)24-16-22(27)26-25-15-18-6-5-9-21(14-18)29-23(28)19-7-3-2-4-8-19/h2-15,24H,16H2,1H3,(H,26,27)/b25-15+. The molecule has 0 radical (unpaired) electrons. The number of nitrogens with one attached hydrogen (secondary N) is 2. The number of aryl methyl sites for hydroxylation is 1. The fraction of sp³-hybridized carbons (Fsp3) is 0.0870. The van der Waals surface area contributed by atoms with Gasteiger partial charge < -0.3 is 10.1 Å². The Morgan fingerprint density at radius 1 is 0.966 bits per heavy atom. The molecule has 6 nitrogen and oxygen atoms in total. The molecule has 1 amide bonds. The molecule has 2 N–H and O–H groups in total. The summed E-state index contributed by atoms with van der Waals surface area (Å²) < 4.78 is 5.37. The number of hydrazone groups is 1. The van der Waals surface area contributed by atoms with Crippen molar-refractivity contribution in [3.8, 4) is 5.75 Å². The normalized spacial score (nSPS) is 10.5. The van der Waals surface area contributed by atoms with Crippen molar-refractivity contribution in [2.75, 3.05) is 11.9 Å². The molecule has 146 valence electrons. The first-order valence-corrected chi connectivity index (χ1v) is 9.10. The van der Waals surface area contributed by atoms with Gasteiger partial charge in [0.1, 0.15) is 5.75 Å². The number of rotatable bonds is 7. The van der Waals surface area contributed by atoms with E-state index in [4.69, 9.17) is 4.74 Å². The number of nitrogens with zero attached hydrogens (tertiary/aromatic N) is 1. The largest absolute Gasteiger partial charge is 0.423 e. The van der Waals surface area contributed by atoms with E-state index < -0.39 is 5.97 Å². The first-order chi connectivity index (χ1) is 14.1. The van der Waals surface area contributed by atoms with Crippen LogP contribution in [0, 0.1) is 6.92 Å². The second-order valence-corrected chi connectivity index (χ2v) is 6.34. The third-order valence-electron chi connectivity index (χ3n) is 3.99. The predicted octanol–water partition coefficient (Wildman–Crippen LogP) is 3.78. The van der Waals surface area contributed by atoms with E-state index >= 15 is 0 Å². The second-order valence-electron chi connectivity index (χ2n) is 6.34. The van der Waals surface area contributed by atoms with Gasteiger partial charge in [-0.3, -0.25) is 4.79 Å². The summed E-state index contributed by atoms with van der Waals surface area (Å²) in [4.78, 5) is 24.0. The second kappa shape index (κ2) is 9.85. The van der Waals surface area contributed by atoms with Crippen molar-refractivity contribution in [1.29, 1.82) is 0 Å². The number of anilines is 1. The average Bonchev–Trinajstić information content (AvgIpc) is 2.74. The van der Waals surface area contributed by atoms with Crippen LogP contribution in [0.1, 0.15) is 21.5 Å². The Hall–Kier alpha value is -3.93. The van der Waals surface area contributed by atoms with Crippen molar-refractivity contribution >= 4 is 23.8 Å². The van der Waals surface area contributed by atoms with Crippen LogP contribution in [-0.4, -0.2) is 24.6 Å². The predicted molar refractivity (Wildman–Crippen MR) is 113 cm³/mol. The van der Waals surface area contributed by atoms with E-state index in [1.807, 2.05) is 37.3 Å². The Bertz CT molecular complexity index is 999. The summed E-state index contributed by atoms with van der Waals surface area (Å²) in [6, 6.07) is 23.4. The smallest absolute Gasteiger partial charge is 0.343 e. The molecule has 3 aromatic rings. The zero-order valence-corrected chi connectivity index (χ0v) is 16.0. The quantitative estimate of drug-likeness (QED) is 0.280. The molecule has 0 aliphatic rings. The molecule has 0 spiro atoms. The van der Waals surface area contributed by atoms with Crippen molar-refractivity contribution in [3.63, 3.8) is 0 Å². The lowest BCUT2D eigenvalue weighted by molar-refractivity contribution is -0.119. The monoisotopic (exact) mass is 387 g/mol. The molecule has 0 fully saturated rings. The highest BCUT2D eigenvalue weighted by Gasteiger charge is 2.07. The van der Waals surface area contributed by atoms with Gasteiger partial charge in [0, 0.05) is 5.69 Å². The third kappa shape index (κ3) is 6.32. The van der Waals surface area contributed by atoms with E-state index in [1.54, 1.807) is 48.5 Å². The summed E-state index contributed by atoms with van der Waals surface area (Å²) in [5.74, 6) is -0.307.